The highest BCUT2D eigenvalue weighted by Gasteiger charge is 2.44. The van der Waals surface area contributed by atoms with Gasteiger partial charge in [0, 0.05) is 41.5 Å². The molecule has 0 spiro atoms. The molecule has 0 radical (unpaired) electrons. The number of hydrogen-bond acceptors (Lipinski definition) is 6. The van der Waals surface area contributed by atoms with Gasteiger partial charge in [0.05, 0.1) is 27.4 Å². The minimum absolute atomic E-state index is 0.0500. The topological polar surface area (TPSA) is 162 Å². The number of nitro groups is 1. The van der Waals surface area contributed by atoms with Crippen LogP contribution in [0.3, 0.4) is 0 Å². The van der Waals surface area contributed by atoms with Gasteiger partial charge in [0.1, 0.15) is 0 Å². The van der Waals surface area contributed by atoms with E-state index in [0.717, 1.165) is 15.9 Å². The number of benzene rings is 3. The molecule has 15 heteroatoms. The van der Waals surface area contributed by atoms with Crippen LogP contribution in [-0.2, 0) is 9.59 Å². The van der Waals surface area contributed by atoms with Gasteiger partial charge < -0.3 is 20.6 Å². The molecular formula is C27H22Cl3N5O7. The zero-order chi connectivity index (χ0) is 30.6. The van der Waals surface area contributed by atoms with E-state index in [0.29, 0.717) is 10.7 Å². The number of carboxylic acids is 1. The van der Waals surface area contributed by atoms with E-state index in [2.05, 4.69) is 10.6 Å². The Hall–Kier alpha value is -4.39. The Balaban J connectivity index is 1.67. The number of non-ortho nitro benzene ring substituents is 1. The van der Waals surface area contributed by atoms with Crippen molar-refractivity contribution in [2.45, 2.75) is 18.6 Å². The summed E-state index contributed by atoms with van der Waals surface area (Å²) in [6.45, 7) is -0.101. The first-order valence-corrected chi connectivity index (χ1v) is 13.4. The maximum Gasteiger partial charge on any atom is 0.323 e. The van der Waals surface area contributed by atoms with Crippen LogP contribution >= 0.6 is 34.8 Å². The molecule has 12 nitrogen and oxygen atoms in total. The fourth-order valence-corrected chi connectivity index (χ4v) is 4.81. The minimum Gasteiger partial charge on any atom is -0.481 e. The first-order chi connectivity index (χ1) is 19.9. The Labute approximate surface area is 253 Å². The minimum atomic E-state index is -1.52. The van der Waals surface area contributed by atoms with Crippen molar-refractivity contribution in [3.05, 3.63) is 103 Å². The molecule has 3 aromatic rings. The molecular weight excluding hydrogens is 613 g/mol. The molecule has 218 valence electrons. The summed E-state index contributed by atoms with van der Waals surface area (Å²) in [6.07, 6.45) is -2.15. The van der Waals surface area contributed by atoms with E-state index in [1.807, 2.05) is 0 Å². The SMILES string of the molecule is O=C(O)CC(NC(=O)C1N(C(=O)Nc2ccc(Cl)cc2)CCN1C(=O)c1ccc(Cl)c(Cl)c1)c1cccc([N+](=O)[O-])c1. The molecule has 0 aromatic heterocycles. The zero-order valence-electron chi connectivity index (χ0n) is 21.5. The molecule has 0 aliphatic carbocycles. The van der Waals surface area contributed by atoms with E-state index < -0.39 is 47.4 Å². The first kappa shape index (κ1) is 30.6. The third-order valence-electron chi connectivity index (χ3n) is 6.37. The Morgan fingerprint density at radius 2 is 1.64 bits per heavy atom. The van der Waals surface area contributed by atoms with Crippen LogP contribution in [-0.4, -0.2) is 62.9 Å². The van der Waals surface area contributed by atoms with Crippen molar-refractivity contribution in [3.63, 3.8) is 0 Å². The van der Waals surface area contributed by atoms with Crippen molar-refractivity contribution in [2.24, 2.45) is 0 Å². The number of hydrogen-bond donors (Lipinski definition) is 3. The van der Waals surface area contributed by atoms with Crippen LogP contribution in [0.1, 0.15) is 28.4 Å². The van der Waals surface area contributed by atoms with Crippen LogP contribution in [0, 0.1) is 10.1 Å². The molecule has 0 saturated carbocycles. The standard InChI is InChI=1S/C27H22Cl3N5O7/c28-17-5-7-18(8-6-17)31-27(40)34-11-10-33(26(39)16-4-9-20(29)21(30)13-16)25(34)24(38)32-22(14-23(36)37)15-2-1-3-19(12-15)35(41)42/h1-9,12-13,22,25H,10-11,14H2,(H,31,40)(H,32,38)(H,36,37). The van der Waals surface area contributed by atoms with Gasteiger partial charge in [-0.1, -0.05) is 46.9 Å². The number of carboxylic acid groups (broad SMARTS) is 1. The normalized spacial score (nSPS) is 15.2. The Morgan fingerprint density at radius 1 is 0.952 bits per heavy atom. The predicted octanol–water partition coefficient (Wildman–Crippen LogP) is 5.20. The molecule has 2 atom stereocenters. The summed E-state index contributed by atoms with van der Waals surface area (Å²) in [5.41, 5.74) is 0.317. The Morgan fingerprint density at radius 3 is 2.29 bits per heavy atom. The van der Waals surface area contributed by atoms with Gasteiger partial charge in [0.15, 0.2) is 6.17 Å². The first-order valence-electron chi connectivity index (χ1n) is 12.3. The number of nitro benzene ring substituents is 1. The van der Waals surface area contributed by atoms with E-state index in [4.69, 9.17) is 34.8 Å². The van der Waals surface area contributed by atoms with E-state index in [1.54, 1.807) is 24.3 Å². The second kappa shape index (κ2) is 13.1. The van der Waals surface area contributed by atoms with Crippen molar-refractivity contribution in [2.75, 3.05) is 18.4 Å². The predicted molar refractivity (Wildman–Crippen MR) is 155 cm³/mol. The quantitative estimate of drug-likeness (QED) is 0.226. The van der Waals surface area contributed by atoms with E-state index in [9.17, 15) is 34.4 Å². The highest BCUT2D eigenvalue weighted by atomic mass is 35.5. The molecule has 2 unspecified atom stereocenters. The molecule has 1 saturated heterocycles. The highest BCUT2D eigenvalue weighted by molar-refractivity contribution is 6.42. The number of amides is 4. The van der Waals surface area contributed by atoms with Gasteiger partial charge in [-0.2, -0.15) is 0 Å². The summed E-state index contributed by atoms with van der Waals surface area (Å²) in [7, 11) is 0. The highest BCUT2D eigenvalue weighted by Crippen LogP contribution is 2.27. The molecule has 42 heavy (non-hydrogen) atoms. The van der Waals surface area contributed by atoms with Crippen molar-refractivity contribution in [3.8, 4) is 0 Å². The van der Waals surface area contributed by atoms with Crippen LogP contribution in [0.2, 0.25) is 15.1 Å². The zero-order valence-corrected chi connectivity index (χ0v) is 23.8. The molecule has 3 N–H and O–H groups in total. The summed E-state index contributed by atoms with van der Waals surface area (Å²) in [5.74, 6) is -2.81. The van der Waals surface area contributed by atoms with E-state index in [1.165, 1.54) is 36.4 Å². The third kappa shape index (κ3) is 7.08. The fraction of sp³-hybridized carbons (Fsp3) is 0.185. The lowest BCUT2D eigenvalue weighted by atomic mass is 10.0. The summed E-state index contributed by atoms with van der Waals surface area (Å²) in [4.78, 5) is 65.2. The lowest BCUT2D eigenvalue weighted by Gasteiger charge is -2.31. The second-order valence-electron chi connectivity index (χ2n) is 9.14. The number of nitrogens with one attached hydrogen (secondary N) is 2. The van der Waals surface area contributed by atoms with Gasteiger partial charge in [-0.05, 0) is 48.0 Å². The molecule has 1 aliphatic rings. The third-order valence-corrected chi connectivity index (χ3v) is 7.36. The molecule has 4 amide bonds. The van der Waals surface area contributed by atoms with Crippen molar-refractivity contribution < 1.29 is 29.2 Å². The van der Waals surface area contributed by atoms with Crippen molar-refractivity contribution in [1.29, 1.82) is 0 Å². The van der Waals surface area contributed by atoms with E-state index >= 15 is 0 Å². The van der Waals surface area contributed by atoms with Gasteiger partial charge in [0.2, 0.25) is 0 Å². The van der Waals surface area contributed by atoms with Crippen LogP contribution in [0.4, 0.5) is 16.2 Å². The van der Waals surface area contributed by atoms with Crippen LogP contribution < -0.4 is 10.6 Å². The number of halogens is 3. The van der Waals surface area contributed by atoms with Gasteiger partial charge in [-0.25, -0.2) is 4.79 Å². The smallest absolute Gasteiger partial charge is 0.323 e. The second-order valence-corrected chi connectivity index (χ2v) is 10.4. The average molecular weight is 635 g/mol. The van der Waals surface area contributed by atoms with Gasteiger partial charge in [-0.3, -0.25) is 29.4 Å². The largest absolute Gasteiger partial charge is 0.481 e. The van der Waals surface area contributed by atoms with Crippen molar-refractivity contribution >= 4 is 70.0 Å². The molecule has 4 rings (SSSR count). The number of nitrogens with zero attached hydrogens (tertiary/aromatic N) is 3. The summed E-state index contributed by atoms with van der Waals surface area (Å²) < 4.78 is 0. The molecule has 1 aliphatic heterocycles. The Kier molecular flexibility index (Phi) is 9.51. The van der Waals surface area contributed by atoms with Gasteiger partial charge in [-0.15, -0.1) is 0 Å². The fourth-order valence-electron chi connectivity index (χ4n) is 4.39. The molecule has 1 fully saturated rings. The number of rotatable bonds is 8. The maximum atomic E-state index is 13.8. The number of aliphatic carboxylic acids is 1. The molecule has 1 heterocycles. The number of carbonyl (C=O) groups excluding carboxylic acids is 3. The van der Waals surface area contributed by atoms with Crippen LogP contribution in [0.15, 0.2) is 66.7 Å². The van der Waals surface area contributed by atoms with Crippen LogP contribution in [0.25, 0.3) is 0 Å². The summed E-state index contributed by atoms with van der Waals surface area (Å²) in [5, 5.41) is 26.8. The summed E-state index contributed by atoms with van der Waals surface area (Å²) in [6, 6.07) is 13.6. The lowest BCUT2D eigenvalue weighted by Crippen LogP contribution is -2.55. The number of carbonyl (C=O) groups is 4. The Bertz CT molecular complexity index is 1550. The van der Waals surface area contributed by atoms with E-state index in [-0.39, 0.29) is 39.9 Å². The van der Waals surface area contributed by atoms with Gasteiger partial charge >= 0.3 is 12.0 Å². The van der Waals surface area contributed by atoms with Crippen LogP contribution in [0.5, 0.6) is 0 Å². The molecule has 0 bridgehead atoms. The lowest BCUT2D eigenvalue weighted by molar-refractivity contribution is -0.384. The molecule has 3 aromatic carbocycles. The number of anilines is 1. The van der Waals surface area contributed by atoms with Gasteiger partial charge in [0.25, 0.3) is 17.5 Å². The summed E-state index contributed by atoms with van der Waals surface area (Å²) >= 11 is 18.0. The number of urea groups is 1. The maximum absolute atomic E-state index is 13.8. The average Bonchev–Trinajstić information content (AvgIpc) is 3.40. The van der Waals surface area contributed by atoms with Crippen molar-refractivity contribution in [1.82, 2.24) is 15.1 Å². The monoisotopic (exact) mass is 633 g/mol.